The first-order chi connectivity index (χ1) is 8.66. The molecule has 0 bridgehead atoms. The van der Waals surface area contributed by atoms with Gasteiger partial charge in [-0.2, -0.15) is 0 Å². The molecule has 1 aromatic rings. The highest BCUT2D eigenvalue weighted by atomic mass is 16.1. The third-order valence-electron chi connectivity index (χ3n) is 3.59. The van der Waals surface area contributed by atoms with E-state index in [-0.39, 0.29) is 5.91 Å². The number of hydrogen-bond acceptors (Lipinski definition) is 3. The van der Waals surface area contributed by atoms with Crippen molar-refractivity contribution in [1.29, 1.82) is 0 Å². The third-order valence-corrected chi connectivity index (χ3v) is 3.59. The number of nitrogens with zero attached hydrogens (tertiary/aromatic N) is 1. The molecule has 0 spiro atoms. The van der Waals surface area contributed by atoms with Crippen LogP contribution in [0, 0.1) is 5.92 Å². The zero-order valence-corrected chi connectivity index (χ0v) is 10.9. The molecule has 1 heterocycles. The predicted octanol–water partition coefficient (Wildman–Crippen LogP) is 1.34. The normalized spacial score (nSPS) is 17.6. The van der Waals surface area contributed by atoms with Crippen molar-refractivity contribution in [3.8, 4) is 0 Å². The van der Waals surface area contributed by atoms with Crippen molar-refractivity contribution in [3.63, 3.8) is 0 Å². The Bertz CT molecular complexity index is 411. The van der Waals surface area contributed by atoms with Gasteiger partial charge in [-0.15, -0.1) is 0 Å². The van der Waals surface area contributed by atoms with Crippen LogP contribution in [0.3, 0.4) is 0 Å². The molecule has 4 nitrogen and oxygen atoms in total. The van der Waals surface area contributed by atoms with E-state index in [1.165, 1.54) is 0 Å². The number of likely N-dealkylation sites (tertiary alicyclic amines) is 1. The number of nitrogens with two attached hydrogens (primary N) is 1. The quantitative estimate of drug-likeness (QED) is 0.792. The summed E-state index contributed by atoms with van der Waals surface area (Å²) in [6.07, 6.45) is 2.31. The first kappa shape index (κ1) is 12.9. The highest BCUT2D eigenvalue weighted by molar-refractivity contribution is 5.99. The Morgan fingerprint density at radius 2 is 2.06 bits per heavy atom. The van der Waals surface area contributed by atoms with Crippen molar-refractivity contribution in [2.45, 2.75) is 12.8 Å². The Hall–Kier alpha value is -1.55. The first-order valence-corrected chi connectivity index (χ1v) is 6.48. The van der Waals surface area contributed by atoms with Gasteiger partial charge in [0.15, 0.2) is 0 Å². The van der Waals surface area contributed by atoms with Crippen molar-refractivity contribution in [3.05, 3.63) is 29.8 Å². The molecule has 3 N–H and O–H groups in total. The lowest BCUT2D eigenvalue weighted by Crippen LogP contribution is -2.37. The number of carbonyl (C=O) groups is 1. The molecule has 1 aliphatic heterocycles. The summed E-state index contributed by atoms with van der Waals surface area (Å²) in [6, 6.07) is 7.19. The Morgan fingerprint density at radius 3 is 2.72 bits per heavy atom. The number of benzene rings is 1. The average molecular weight is 247 g/mol. The highest BCUT2D eigenvalue weighted by Gasteiger charge is 2.17. The number of nitrogens with one attached hydrogen (secondary N) is 1. The second-order valence-corrected chi connectivity index (χ2v) is 5.04. The minimum atomic E-state index is -0.0629. The van der Waals surface area contributed by atoms with Gasteiger partial charge in [-0.1, -0.05) is 12.1 Å². The van der Waals surface area contributed by atoms with E-state index < -0.39 is 0 Å². The second kappa shape index (κ2) is 5.87. The van der Waals surface area contributed by atoms with Crippen molar-refractivity contribution in [1.82, 2.24) is 10.2 Å². The van der Waals surface area contributed by atoms with Gasteiger partial charge in [-0.3, -0.25) is 4.79 Å². The van der Waals surface area contributed by atoms with E-state index in [9.17, 15) is 4.79 Å². The van der Waals surface area contributed by atoms with E-state index in [1.54, 1.807) is 12.1 Å². The maximum Gasteiger partial charge on any atom is 0.253 e. The highest BCUT2D eigenvalue weighted by Crippen LogP contribution is 2.15. The molecule has 1 aromatic carbocycles. The summed E-state index contributed by atoms with van der Waals surface area (Å²) in [5.41, 5.74) is 6.90. The molecule has 2 rings (SSSR count). The van der Waals surface area contributed by atoms with E-state index in [2.05, 4.69) is 17.3 Å². The monoisotopic (exact) mass is 247 g/mol. The molecule has 18 heavy (non-hydrogen) atoms. The Balaban J connectivity index is 1.84. The van der Waals surface area contributed by atoms with Crippen molar-refractivity contribution >= 4 is 11.6 Å². The molecule has 0 unspecified atom stereocenters. The molecule has 0 saturated carbocycles. The summed E-state index contributed by atoms with van der Waals surface area (Å²) in [5.74, 6) is 0.530. The number of piperidine rings is 1. The Kier molecular flexibility index (Phi) is 4.20. The van der Waals surface area contributed by atoms with E-state index in [0.29, 0.717) is 17.2 Å². The molecule has 1 fully saturated rings. The van der Waals surface area contributed by atoms with Crippen LogP contribution < -0.4 is 11.1 Å². The first-order valence-electron chi connectivity index (χ1n) is 6.48. The van der Waals surface area contributed by atoms with Gasteiger partial charge in [0, 0.05) is 12.2 Å². The minimum absolute atomic E-state index is 0.0629. The van der Waals surface area contributed by atoms with Crippen LogP contribution in [0.4, 0.5) is 5.69 Å². The molecule has 0 radical (unpaired) electrons. The lowest BCUT2D eigenvalue weighted by Gasteiger charge is -2.28. The SMILES string of the molecule is CN1CCC(CNC(=O)c2ccccc2N)CC1. The van der Waals surface area contributed by atoms with Crippen LogP contribution >= 0.6 is 0 Å². The zero-order valence-electron chi connectivity index (χ0n) is 10.9. The second-order valence-electron chi connectivity index (χ2n) is 5.04. The van der Waals surface area contributed by atoms with Crippen molar-refractivity contribution in [2.75, 3.05) is 32.4 Å². The number of rotatable bonds is 3. The van der Waals surface area contributed by atoms with Crippen LogP contribution in [-0.2, 0) is 0 Å². The van der Waals surface area contributed by atoms with Crippen LogP contribution in [-0.4, -0.2) is 37.5 Å². The topological polar surface area (TPSA) is 58.4 Å². The fourth-order valence-corrected chi connectivity index (χ4v) is 2.30. The summed E-state index contributed by atoms with van der Waals surface area (Å²) >= 11 is 0. The van der Waals surface area contributed by atoms with Crippen LogP contribution in [0.2, 0.25) is 0 Å². The van der Waals surface area contributed by atoms with Gasteiger partial charge in [-0.25, -0.2) is 0 Å². The van der Waals surface area contributed by atoms with Gasteiger partial charge in [0.05, 0.1) is 5.56 Å². The molecular formula is C14H21N3O. The largest absolute Gasteiger partial charge is 0.398 e. The smallest absolute Gasteiger partial charge is 0.253 e. The number of para-hydroxylation sites is 1. The van der Waals surface area contributed by atoms with Gasteiger partial charge in [0.1, 0.15) is 0 Å². The molecule has 1 amide bonds. The van der Waals surface area contributed by atoms with E-state index in [1.807, 2.05) is 12.1 Å². The Morgan fingerprint density at radius 1 is 1.39 bits per heavy atom. The van der Waals surface area contributed by atoms with Crippen molar-refractivity contribution in [2.24, 2.45) is 5.92 Å². The third kappa shape index (κ3) is 3.23. The number of hydrogen-bond donors (Lipinski definition) is 2. The van der Waals surface area contributed by atoms with Gasteiger partial charge >= 0.3 is 0 Å². The summed E-state index contributed by atoms with van der Waals surface area (Å²) in [6.45, 7) is 2.99. The fraction of sp³-hybridized carbons (Fsp3) is 0.500. The van der Waals surface area contributed by atoms with Gasteiger partial charge < -0.3 is 16.0 Å². The lowest BCUT2D eigenvalue weighted by atomic mass is 9.97. The summed E-state index contributed by atoms with van der Waals surface area (Å²) in [7, 11) is 2.14. The molecule has 0 atom stereocenters. The standard InChI is InChI=1S/C14H21N3O/c1-17-8-6-11(7-9-17)10-16-14(18)12-4-2-3-5-13(12)15/h2-5,11H,6-10,15H2,1H3,(H,16,18). The molecule has 98 valence electrons. The molecular weight excluding hydrogens is 226 g/mol. The molecule has 0 aromatic heterocycles. The molecule has 4 heteroatoms. The predicted molar refractivity (Wildman–Crippen MR) is 73.4 cm³/mol. The molecule has 0 aliphatic carbocycles. The Labute approximate surface area is 108 Å². The number of nitrogen functional groups attached to an aromatic ring is 1. The number of anilines is 1. The minimum Gasteiger partial charge on any atom is -0.398 e. The van der Waals surface area contributed by atoms with E-state index in [0.717, 1.165) is 32.5 Å². The molecule has 1 aliphatic rings. The van der Waals surface area contributed by atoms with E-state index >= 15 is 0 Å². The number of amides is 1. The number of carbonyl (C=O) groups excluding carboxylic acids is 1. The summed E-state index contributed by atoms with van der Waals surface area (Å²) in [5, 5.41) is 2.99. The van der Waals surface area contributed by atoms with Gasteiger partial charge in [0.2, 0.25) is 0 Å². The van der Waals surface area contributed by atoms with Crippen LogP contribution in [0.15, 0.2) is 24.3 Å². The van der Waals surface area contributed by atoms with Crippen molar-refractivity contribution < 1.29 is 4.79 Å². The van der Waals surface area contributed by atoms with Crippen LogP contribution in [0.25, 0.3) is 0 Å². The van der Waals surface area contributed by atoms with E-state index in [4.69, 9.17) is 5.73 Å². The fourth-order valence-electron chi connectivity index (χ4n) is 2.30. The maximum atomic E-state index is 12.0. The lowest BCUT2D eigenvalue weighted by molar-refractivity contribution is 0.0940. The van der Waals surface area contributed by atoms with Gasteiger partial charge in [0.25, 0.3) is 5.91 Å². The van der Waals surface area contributed by atoms with Crippen LogP contribution in [0.1, 0.15) is 23.2 Å². The zero-order chi connectivity index (χ0) is 13.0. The van der Waals surface area contributed by atoms with Crippen LogP contribution in [0.5, 0.6) is 0 Å². The molecule has 1 saturated heterocycles. The summed E-state index contributed by atoms with van der Waals surface area (Å²) in [4.78, 5) is 14.3. The summed E-state index contributed by atoms with van der Waals surface area (Å²) < 4.78 is 0. The average Bonchev–Trinajstić information content (AvgIpc) is 2.38. The van der Waals surface area contributed by atoms with Gasteiger partial charge in [-0.05, 0) is 51.0 Å². The maximum absolute atomic E-state index is 12.0.